The summed E-state index contributed by atoms with van der Waals surface area (Å²) in [6, 6.07) is 0. The van der Waals surface area contributed by atoms with Crippen LogP contribution in [0.2, 0.25) is 0 Å². The molecule has 0 spiro atoms. The highest BCUT2D eigenvalue weighted by Crippen LogP contribution is 2.33. The van der Waals surface area contributed by atoms with E-state index in [2.05, 4.69) is 26.8 Å². The summed E-state index contributed by atoms with van der Waals surface area (Å²) in [5, 5.41) is 10.4. The van der Waals surface area contributed by atoms with Gasteiger partial charge in [0.05, 0.1) is 12.2 Å². The highest BCUT2D eigenvalue weighted by atomic mass is 16.5. The summed E-state index contributed by atoms with van der Waals surface area (Å²) in [6.45, 7) is 8.63. The molecule has 1 N–H and O–H groups in total. The van der Waals surface area contributed by atoms with Crippen molar-refractivity contribution in [3.8, 4) is 0 Å². The van der Waals surface area contributed by atoms with Gasteiger partial charge in [0.15, 0.2) is 0 Å². The van der Waals surface area contributed by atoms with E-state index in [1.807, 2.05) is 6.92 Å². The van der Waals surface area contributed by atoms with Gasteiger partial charge < -0.3 is 9.84 Å². The Morgan fingerprint density at radius 1 is 1.35 bits per heavy atom. The van der Waals surface area contributed by atoms with E-state index in [9.17, 15) is 9.90 Å². The Morgan fingerprint density at radius 3 is 2.52 bits per heavy atom. The first-order valence-corrected chi connectivity index (χ1v) is 9.25. The van der Waals surface area contributed by atoms with E-state index >= 15 is 0 Å². The maximum atomic E-state index is 11.4. The minimum Gasteiger partial charge on any atom is -0.463 e. The predicted octanol–water partition coefficient (Wildman–Crippen LogP) is 4.94. The normalized spacial score (nSPS) is 17.6. The van der Waals surface area contributed by atoms with Crippen LogP contribution in [-0.2, 0) is 9.53 Å². The molecule has 0 saturated carbocycles. The minimum atomic E-state index is -0.469. The SMILES string of the molecule is CCOC(=O)/C=C1/C=C(CC(CC)CCCC(O)(CC)CC)C1. The van der Waals surface area contributed by atoms with E-state index in [0.29, 0.717) is 12.5 Å². The maximum Gasteiger partial charge on any atom is 0.331 e. The molecule has 1 atom stereocenters. The molecule has 23 heavy (non-hydrogen) atoms. The Morgan fingerprint density at radius 2 is 2.00 bits per heavy atom. The fourth-order valence-electron chi connectivity index (χ4n) is 3.20. The van der Waals surface area contributed by atoms with E-state index in [0.717, 1.165) is 44.1 Å². The van der Waals surface area contributed by atoms with Crippen LogP contribution in [0.5, 0.6) is 0 Å². The van der Waals surface area contributed by atoms with Gasteiger partial charge >= 0.3 is 5.97 Å². The average Bonchev–Trinajstić information content (AvgIpc) is 2.51. The smallest absolute Gasteiger partial charge is 0.331 e. The molecule has 1 unspecified atom stereocenters. The van der Waals surface area contributed by atoms with Gasteiger partial charge in [-0.1, -0.05) is 51.7 Å². The first kappa shape index (κ1) is 20.0. The molecule has 0 aromatic heterocycles. The molecular weight excluding hydrogens is 288 g/mol. The summed E-state index contributed by atoms with van der Waals surface area (Å²) in [7, 11) is 0. The number of hydrogen-bond acceptors (Lipinski definition) is 3. The molecule has 3 heteroatoms. The van der Waals surface area contributed by atoms with E-state index in [-0.39, 0.29) is 5.97 Å². The van der Waals surface area contributed by atoms with Gasteiger partial charge in [-0.05, 0) is 50.5 Å². The zero-order chi connectivity index (χ0) is 17.3. The highest BCUT2D eigenvalue weighted by Gasteiger charge is 2.23. The van der Waals surface area contributed by atoms with Crippen LogP contribution >= 0.6 is 0 Å². The first-order valence-electron chi connectivity index (χ1n) is 9.25. The Balaban J connectivity index is 2.37. The third-order valence-corrected chi connectivity index (χ3v) is 5.11. The lowest BCUT2D eigenvalue weighted by atomic mass is 9.81. The molecule has 132 valence electrons. The van der Waals surface area contributed by atoms with Gasteiger partial charge in [-0.2, -0.15) is 0 Å². The second-order valence-electron chi connectivity index (χ2n) is 6.75. The van der Waals surface area contributed by atoms with Crippen LogP contribution in [0.25, 0.3) is 0 Å². The average molecular weight is 322 g/mol. The molecule has 0 radical (unpaired) electrons. The maximum absolute atomic E-state index is 11.4. The summed E-state index contributed by atoms with van der Waals surface area (Å²) in [4.78, 5) is 11.4. The molecule has 0 saturated heterocycles. The topological polar surface area (TPSA) is 46.5 Å². The molecule has 0 fully saturated rings. The van der Waals surface area contributed by atoms with Crippen LogP contribution in [0.3, 0.4) is 0 Å². The summed E-state index contributed by atoms with van der Waals surface area (Å²) in [5.74, 6) is 0.451. The number of carbonyl (C=O) groups is 1. The molecule has 1 rings (SSSR count). The zero-order valence-corrected chi connectivity index (χ0v) is 15.4. The number of rotatable bonds is 11. The van der Waals surface area contributed by atoms with Gasteiger partial charge in [-0.25, -0.2) is 4.79 Å². The number of hydrogen-bond donors (Lipinski definition) is 1. The number of ether oxygens (including phenoxy) is 1. The molecule has 1 aliphatic rings. The van der Waals surface area contributed by atoms with Crippen LogP contribution in [0.4, 0.5) is 0 Å². The minimum absolute atomic E-state index is 0.233. The van der Waals surface area contributed by atoms with Crippen molar-refractivity contribution >= 4 is 5.97 Å². The lowest BCUT2D eigenvalue weighted by Crippen LogP contribution is -2.26. The van der Waals surface area contributed by atoms with E-state index < -0.39 is 5.60 Å². The van der Waals surface area contributed by atoms with Crippen molar-refractivity contribution in [2.24, 2.45) is 5.92 Å². The first-order chi connectivity index (χ1) is 11.0. The van der Waals surface area contributed by atoms with Gasteiger partial charge in [-0.3, -0.25) is 0 Å². The third-order valence-electron chi connectivity index (χ3n) is 5.11. The van der Waals surface area contributed by atoms with Crippen molar-refractivity contribution in [3.63, 3.8) is 0 Å². The van der Waals surface area contributed by atoms with Crippen LogP contribution in [0.1, 0.15) is 79.1 Å². The Hall–Kier alpha value is -1.09. The van der Waals surface area contributed by atoms with Crippen molar-refractivity contribution in [1.29, 1.82) is 0 Å². The third kappa shape index (κ3) is 6.90. The van der Waals surface area contributed by atoms with Gasteiger partial charge in [0.2, 0.25) is 0 Å². The van der Waals surface area contributed by atoms with Crippen molar-refractivity contribution in [2.45, 2.75) is 84.7 Å². The second kappa shape index (κ2) is 9.92. The van der Waals surface area contributed by atoms with E-state index in [4.69, 9.17) is 4.74 Å². The van der Waals surface area contributed by atoms with Crippen molar-refractivity contribution in [1.82, 2.24) is 0 Å². The number of carbonyl (C=O) groups excluding carboxylic acids is 1. The lowest BCUT2D eigenvalue weighted by Gasteiger charge is -2.27. The Kier molecular flexibility index (Phi) is 8.60. The summed E-state index contributed by atoms with van der Waals surface area (Å²) < 4.78 is 4.92. The number of esters is 1. The van der Waals surface area contributed by atoms with Crippen LogP contribution in [0, 0.1) is 5.92 Å². The monoisotopic (exact) mass is 322 g/mol. The van der Waals surface area contributed by atoms with Crippen molar-refractivity contribution < 1.29 is 14.6 Å². The van der Waals surface area contributed by atoms with Crippen LogP contribution < -0.4 is 0 Å². The molecule has 0 aromatic carbocycles. The Labute approximate surface area is 141 Å². The van der Waals surface area contributed by atoms with Crippen LogP contribution in [0.15, 0.2) is 23.3 Å². The van der Waals surface area contributed by atoms with Gasteiger partial charge in [0.25, 0.3) is 0 Å². The largest absolute Gasteiger partial charge is 0.463 e. The van der Waals surface area contributed by atoms with Gasteiger partial charge in [-0.15, -0.1) is 0 Å². The zero-order valence-electron chi connectivity index (χ0n) is 15.4. The standard InChI is InChI=1S/C20H34O3/c1-5-16(10-9-11-20(22,6-2)7-3)12-17-13-18(14-17)15-19(21)23-8-4/h13,15-16,22H,5-12,14H2,1-4H3/b18-15-. The quantitative estimate of drug-likeness (QED) is 0.433. The highest BCUT2D eigenvalue weighted by molar-refractivity contribution is 5.84. The Bertz CT molecular complexity index is 430. The molecule has 3 nitrogen and oxygen atoms in total. The summed E-state index contributed by atoms with van der Waals surface area (Å²) in [6.07, 6.45) is 11.8. The van der Waals surface area contributed by atoms with Crippen LogP contribution in [-0.4, -0.2) is 23.3 Å². The van der Waals surface area contributed by atoms with E-state index in [1.165, 1.54) is 18.4 Å². The van der Waals surface area contributed by atoms with E-state index in [1.54, 1.807) is 6.08 Å². The fourth-order valence-corrected chi connectivity index (χ4v) is 3.20. The molecule has 1 aliphatic carbocycles. The van der Waals surface area contributed by atoms with Gasteiger partial charge in [0.1, 0.15) is 0 Å². The molecule has 0 bridgehead atoms. The molecule has 0 aromatic rings. The van der Waals surface area contributed by atoms with Crippen molar-refractivity contribution in [3.05, 3.63) is 23.3 Å². The summed E-state index contributed by atoms with van der Waals surface area (Å²) in [5.41, 5.74) is 2.05. The van der Waals surface area contributed by atoms with Crippen molar-refractivity contribution in [2.75, 3.05) is 6.61 Å². The predicted molar refractivity (Wildman–Crippen MR) is 95.2 cm³/mol. The fraction of sp³-hybridized carbons (Fsp3) is 0.750. The molecule has 0 aliphatic heterocycles. The molecule has 0 amide bonds. The van der Waals surface area contributed by atoms with Gasteiger partial charge in [0, 0.05) is 6.08 Å². The number of allylic oxidation sites excluding steroid dienone is 3. The summed E-state index contributed by atoms with van der Waals surface area (Å²) >= 11 is 0. The second-order valence-corrected chi connectivity index (χ2v) is 6.75. The number of aliphatic hydroxyl groups is 1. The molecular formula is C20H34O3. The lowest BCUT2D eigenvalue weighted by molar-refractivity contribution is -0.137. The molecule has 0 heterocycles.